The van der Waals surface area contributed by atoms with Crippen LogP contribution in [-0.2, 0) is 39.3 Å². The van der Waals surface area contributed by atoms with Crippen LogP contribution in [-0.4, -0.2) is 14.9 Å². The third-order valence-corrected chi connectivity index (χ3v) is 4.17. The summed E-state index contributed by atoms with van der Waals surface area (Å²) in [5, 5.41) is 15.2. The van der Waals surface area contributed by atoms with Crippen LogP contribution in [0, 0.1) is 21.3 Å². The smallest absolute Gasteiger partial charge is 0.278 e. The van der Waals surface area contributed by atoms with Gasteiger partial charge in [0.05, 0.1) is 12.1 Å². The van der Waals surface area contributed by atoms with Gasteiger partial charge < -0.3 is 12.5 Å². The van der Waals surface area contributed by atoms with Crippen molar-refractivity contribution >= 4 is 11.6 Å². The molecule has 4 nitrogen and oxygen atoms in total. The first kappa shape index (κ1) is 26.5. The van der Waals surface area contributed by atoms with Crippen molar-refractivity contribution in [2.75, 3.05) is 0 Å². The minimum atomic E-state index is -0.327. The number of hydrogen-bond donors (Lipinski definition) is 1. The molecule has 1 heterocycles. The second-order valence-corrected chi connectivity index (χ2v) is 6.15. The Bertz CT molecular complexity index is 971. The van der Waals surface area contributed by atoms with Crippen LogP contribution >= 0.6 is 11.6 Å². The van der Waals surface area contributed by atoms with Crippen LogP contribution in [0.15, 0.2) is 53.3 Å². The molecule has 0 aliphatic carbocycles. The molecule has 1 radical (unpaired) electrons. The molecule has 3 rings (SSSR count). The molecule has 0 spiro atoms. The van der Waals surface area contributed by atoms with Crippen molar-refractivity contribution in [2.24, 2.45) is 0 Å². The molecule has 1 N–H and O–H groups in total. The number of hydrogen-bond acceptors (Lipinski definition) is 3. The molecule has 0 atom stereocenters. The van der Waals surface area contributed by atoms with Crippen molar-refractivity contribution in [3.8, 4) is 16.9 Å². The average Bonchev–Trinajstić information content (AvgIpc) is 2.63. The molecule has 0 amide bonds. The van der Waals surface area contributed by atoms with E-state index in [2.05, 4.69) is 5.10 Å². The molecule has 0 saturated carbocycles. The van der Waals surface area contributed by atoms with Crippen LogP contribution < -0.4 is 5.56 Å². The summed E-state index contributed by atoms with van der Waals surface area (Å²) in [5.74, 6) is -0.0726. The van der Waals surface area contributed by atoms with E-state index in [-0.39, 0.29) is 57.0 Å². The summed E-state index contributed by atoms with van der Waals surface area (Å²) in [6, 6.07) is 14.8. The van der Waals surface area contributed by atoms with E-state index in [1.54, 1.807) is 19.1 Å². The molecule has 0 saturated heterocycles. The maximum Gasteiger partial charge on any atom is 0.278 e. The van der Waals surface area contributed by atoms with Gasteiger partial charge in [-0.25, -0.2) is 4.68 Å². The van der Waals surface area contributed by atoms with Crippen LogP contribution in [0.4, 0.5) is 0 Å². The Morgan fingerprint density at radius 1 is 1.07 bits per heavy atom. The van der Waals surface area contributed by atoms with E-state index < -0.39 is 0 Å². The van der Waals surface area contributed by atoms with Gasteiger partial charge in [-0.05, 0) is 42.7 Å². The van der Waals surface area contributed by atoms with Gasteiger partial charge in [0, 0.05) is 37.7 Å². The summed E-state index contributed by atoms with van der Waals surface area (Å²) >= 11 is 6.01. The SMILES string of the molecule is CC.Cc1ccccc1-c1c(O)c(C)nn(Cc2cccc(Cl)c2)c1=O.[CH3-].[Y]. The van der Waals surface area contributed by atoms with Crippen molar-refractivity contribution in [3.05, 3.63) is 88.2 Å². The number of nitrogens with zero attached hydrogens (tertiary/aromatic N) is 2. The number of aromatic nitrogens is 2. The molecule has 2 aromatic carbocycles. The third kappa shape index (κ3) is 6.00. The topological polar surface area (TPSA) is 55.1 Å². The second-order valence-electron chi connectivity index (χ2n) is 5.72. The van der Waals surface area contributed by atoms with Gasteiger partial charge in [0.25, 0.3) is 5.56 Å². The summed E-state index contributed by atoms with van der Waals surface area (Å²) < 4.78 is 1.36. The predicted molar refractivity (Wildman–Crippen MR) is 113 cm³/mol. The van der Waals surface area contributed by atoms with Gasteiger partial charge in [0.15, 0.2) is 5.75 Å². The Hall–Kier alpha value is -1.49. The third-order valence-electron chi connectivity index (χ3n) is 3.93. The first-order chi connectivity index (χ1) is 12.5. The predicted octanol–water partition coefficient (Wildman–Crippen LogP) is 5.41. The summed E-state index contributed by atoms with van der Waals surface area (Å²) in [6.07, 6.45) is 0. The fraction of sp³-hybridized carbons (Fsp3) is 0.227. The Morgan fingerprint density at radius 3 is 2.32 bits per heavy atom. The van der Waals surface area contributed by atoms with E-state index in [0.717, 1.165) is 11.1 Å². The molecule has 0 unspecified atom stereocenters. The van der Waals surface area contributed by atoms with E-state index in [9.17, 15) is 9.90 Å². The van der Waals surface area contributed by atoms with E-state index in [0.29, 0.717) is 22.8 Å². The van der Waals surface area contributed by atoms with Crippen LogP contribution in [0.5, 0.6) is 5.75 Å². The van der Waals surface area contributed by atoms with E-state index in [1.807, 2.05) is 57.2 Å². The molecule has 0 aliphatic heterocycles. The first-order valence-electron chi connectivity index (χ1n) is 8.58. The van der Waals surface area contributed by atoms with Crippen molar-refractivity contribution in [1.82, 2.24) is 9.78 Å². The minimum Gasteiger partial charge on any atom is -0.505 e. The molecule has 1 aromatic heterocycles. The zero-order valence-corrected chi connectivity index (χ0v) is 20.6. The largest absolute Gasteiger partial charge is 0.505 e. The van der Waals surface area contributed by atoms with Gasteiger partial charge in [-0.15, -0.1) is 0 Å². The van der Waals surface area contributed by atoms with Crippen LogP contribution in [0.2, 0.25) is 5.02 Å². The van der Waals surface area contributed by atoms with Gasteiger partial charge in [-0.1, -0.05) is 61.8 Å². The molecule has 0 fully saturated rings. The minimum absolute atomic E-state index is 0. The van der Waals surface area contributed by atoms with E-state index >= 15 is 0 Å². The molecule has 0 aliphatic rings. The zero-order chi connectivity index (χ0) is 19.3. The monoisotopic (exact) mass is 474 g/mol. The molecule has 147 valence electrons. The Kier molecular flexibility index (Phi) is 11.5. The molecule has 0 bridgehead atoms. The Labute approximate surface area is 197 Å². The van der Waals surface area contributed by atoms with Crippen LogP contribution in [0.25, 0.3) is 11.1 Å². The van der Waals surface area contributed by atoms with Gasteiger partial charge in [-0.2, -0.15) is 5.10 Å². The molecular weight excluding hydrogens is 449 g/mol. The Morgan fingerprint density at radius 2 is 1.71 bits per heavy atom. The van der Waals surface area contributed by atoms with Gasteiger partial charge in [0.1, 0.15) is 5.69 Å². The van der Waals surface area contributed by atoms with Crippen molar-refractivity contribution in [1.29, 1.82) is 0 Å². The average molecular weight is 475 g/mol. The number of halogens is 1. The molecule has 6 heteroatoms. The summed E-state index contributed by atoms with van der Waals surface area (Å²) in [5.41, 5.74) is 2.87. The number of rotatable bonds is 3. The number of aryl methyl sites for hydroxylation is 2. The van der Waals surface area contributed by atoms with Gasteiger partial charge >= 0.3 is 0 Å². The Balaban J connectivity index is 0.00000177. The van der Waals surface area contributed by atoms with Gasteiger partial charge in [-0.3, -0.25) is 4.79 Å². The first-order valence-corrected chi connectivity index (χ1v) is 8.96. The van der Waals surface area contributed by atoms with Crippen LogP contribution in [0.3, 0.4) is 0 Å². The second kappa shape index (κ2) is 12.2. The van der Waals surface area contributed by atoms with Crippen LogP contribution in [0.1, 0.15) is 30.7 Å². The summed E-state index contributed by atoms with van der Waals surface area (Å²) in [7, 11) is 0. The molecule has 28 heavy (non-hydrogen) atoms. The summed E-state index contributed by atoms with van der Waals surface area (Å²) in [4.78, 5) is 12.9. The summed E-state index contributed by atoms with van der Waals surface area (Å²) in [6.45, 7) is 7.88. The van der Waals surface area contributed by atoms with E-state index in [1.165, 1.54) is 4.68 Å². The fourth-order valence-electron chi connectivity index (χ4n) is 2.70. The molecular formula is C22H26ClN2O2Y-. The molecule has 3 aromatic rings. The van der Waals surface area contributed by atoms with Crippen molar-refractivity contribution in [2.45, 2.75) is 34.2 Å². The fourth-order valence-corrected chi connectivity index (χ4v) is 2.91. The quantitative estimate of drug-likeness (QED) is 0.517. The van der Waals surface area contributed by atoms with Gasteiger partial charge in [0.2, 0.25) is 0 Å². The normalized spacial score (nSPS) is 9.46. The van der Waals surface area contributed by atoms with Crippen molar-refractivity contribution in [3.63, 3.8) is 0 Å². The van der Waals surface area contributed by atoms with Crippen molar-refractivity contribution < 1.29 is 37.8 Å². The maximum absolute atomic E-state index is 12.9. The van der Waals surface area contributed by atoms with E-state index in [4.69, 9.17) is 11.6 Å². The maximum atomic E-state index is 12.9. The zero-order valence-electron chi connectivity index (χ0n) is 17.0. The number of benzene rings is 2. The number of aromatic hydroxyl groups is 1. The standard InChI is InChI=1S/C19H17ClN2O2.C2H6.CH3.Y/c1-12-6-3-4-9-16(12)17-18(23)13(2)21-22(19(17)24)11-14-7-5-8-15(20)10-14;1-2;;/h3-10,23H,11H2,1-2H3;1-2H3;1H3;/q;;-1;.